The van der Waals surface area contributed by atoms with Gasteiger partial charge in [0.25, 0.3) is 0 Å². The summed E-state index contributed by atoms with van der Waals surface area (Å²) in [5, 5.41) is 2.91. The van der Waals surface area contributed by atoms with E-state index in [0.29, 0.717) is 5.82 Å². The first-order chi connectivity index (χ1) is 11.9. The second-order valence-corrected chi connectivity index (χ2v) is 7.00. The quantitative estimate of drug-likeness (QED) is 0.794. The smallest absolute Gasteiger partial charge is 0.408 e. The highest BCUT2D eigenvalue weighted by atomic mass is 16.6. The van der Waals surface area contributed by atoms with Gasteiger partial charge in [-0.25, -0.2) is 19.6 Å². The van der Waals surface area contributed by atoms with Crippen molar-refractivity contribution in [2.45, 2.75) is 77.0 Å². The van der Waals surface area contributed by atoms with E-state index in [2.05, 4.69) is 15.3 Å². The molecule has 1 aliphatic rings. The molecule has 1 N–H and O–H groups in total. The minimum absolute atomic E-state index is 0.0799. The van der Waals surface area contributed by atoms with Gasteiger partial charge < -0.3 is 14.8 Å². The van der Waals surface area contributed by atoms with E-state index in [1.165, 1.54) is 6.42 Å². The van der Waals surface area contributed by atoms with Crippen LogP contribution in [0.3, 0.4) is 0 Å². The molecule has 1 amide bonds. The predicted octanol–water partition coefficient (Wildman–Crippen LogP) is 2.79. The molecule has 0 aliphatic heterocycles. The van der Waals surface area contributed by atoms with Crippen LogP contribution in [-0.2, 0) is 20.7 Å². The standard InChI is InChI=1S/C18H27N3O4/c1-13(2)24-16(22)14(12-15-19-10-7-11-20-15)25-17(23)21-18(3)8-5-4-6-9-18/h7,10-11,13-14H,4-6,8-9,12H2,1-3H3,(H,21,23). The average molecular weight is 349 g/mol. The molecule has 0 bridgehead atoms. The highest BCUT2D eigenvalue weighted by Gasteiger charge is 2.32. The van der Waals surface area contributed by atoms with Crippen molar-refractivity contribution in [2.75, 3.05) is 0 Å². The zero-order valence-corrected chi connectivity index (χ0v) is 15.2. The lowest BCUT2D eigenvalue weighted by Gasteiger charge is -2.34. The number of hydrogen-bond acceptors (Lipinski definition) is 6. The first kappa shape index (κ1) is 19.1. The summed E-state index contributed by atoms with van der Waals surface area (Å²) in [6.07, 6.45) is 6.42. The maximum absolute atomic E-state index is 12.3. The molecule has 1 aromatic heterocycles. The fourth-order valence-electron chi connectivity index (χ4n) is 2.94. The normalized spacial score (nSPS) is 17.6. The number of nitrogens with one attached hydrogen (secondary N) is 1. The molecule has 0 radical (unpaired) electrons. The summed E-state index contributed by atoms with van der Waals surface area (Å²) in [5.74, 6) is -0.170. The van der Waals surface area contributed by atoms with Crippen molar-refractivity contribution in [3.63, 3.8) is 0 Å². The van der Waals surface area contributed by atoms with E-state index in [0.717, 1.165) is 25.7 Å². The molecule has 7 heteroatoms. The van der Waals surface area contributed by atoms with Crippen LogP contribution in [0.1, 0.15) is 58.7 Å². The van der Waals surface area contributed by atoms with Crippen LogP contribution in [0.5, 0.6) is 0 Å². The van der Waals surface area contributed by atoms with Gasteiger partial charge in [-0.3, -0.25) is 0 Å². The number of alkyl carbamates (subject to hydrolysis) is 1. The molecular formula is C18H27N3O4. The minimum atomic E-state index is -1.07. The number of carbonyl (C=O) groups excluding carboxylic acids is 2. The van der Waals surface area contributed by atoms with Crippen molar-refractivity contribution < 1.29 is 19.1 Å². The molecule has 0 saturated heterocycles. The van der Waals surface area contributed by atoms with Gasteiger partial charge in [0.05, 0.1) is 12.5 Å². The number of rotatable bonds is 6. The summed E-state index contributed by atoms with van der Waals surface area (Å²) in [6.45, 7) is 5.50. The highest BCUT2D eigenvalue weighted by molar-refractivity contribution is 5.79. The summed E-state index contributed by atoms with van der Waals surface area (Å²) in [7, 11) is 0. The van der Waals surface area contributed by atoms with Crippen LogP contribution in [0.15, 0.2) is 18.5 Å². The molecule has 138 valence electrons. The number of nitrogens with zero attached hydrogens (tertiary/aromatic N) is 2. The number of aromatic nitrogens is 2. The molecule has 1 heterocycles. The summed E-state index contributed by atoms with van der Waals surface area (Å²) >= 11 is 0. The maximum Gasteiger partial charge on any atom is 0.408 e. The Morgan fingerprint density at radius 3 is 2.40 bits per heavy atom. The molecule has 1 aliphatic carbocycles. The lowest BCUT2D eigenvalue weighted by Crippen LogP contribution is -2.49. The fourth-order valence-corrected chi connectivity index (χ4v) is 2.94. The first-order valence-corrected chi connectivity index (χ1v) is 8.83. The molecule has 1 atom stereocenters. The lowest BCUT2D eigenvalue weighted by atomic mass is 9.83. The number of carbonyl (C=O) groups is 2. The van der Waals surface area contributed by atoms with Gasteiger partial charge in [0.1, 0.15) is 5.82 Å². The van der Waals surface area contributed by atoms with Gasteiger partial charge in [-0.15, -0.1) is 0 Å². The molecule has 0 spiro atoms. The third-order valence-electron chi connectivity index (χ3n) is 4.21. The average Bonchev–Trinajstić information content (AvgIpc) is 2.54. The van der Waals surface area contributed by atoms with E-state index >= 15 is 0 Å². The molecular weight excluding hydrogens is 322 g/mol. The first-order valence-electron chi connectivity index (χ1n) is 8.83. The van der Waals surface area contributed by atoms with E-state index in [9.17, 15) is 9.59 Å². The van der Waals surface area contributed by atoms with Crippen molar-refractivity contribution in [3.8, 4) is 0 Å². The van der Waals surface area contributed by atoms with E-state index in [1.54, 1.807) is 32.3 Å². The van der Waals surface area contributed by atoms with E-state index in [4.69, 9.17) is 9.47 Å². The number of hydrogen-bond donors (Lipinski definition) is 1. The van der Waals surface area contributed by atoms with Gasteiger partial charge in [-0.2, -0.15) is 0 Å². The molecule has 1 saturated carbocycles. The second kappa shape index (κ2) is 8.78. The number of amides is 1. The molecule has 7 nitrogen and oxygen atoms in total. The Kier molecular flexibility index (Phi) is 6.73. The van der Waals surface area contributed by atoms with Gasteiger partial charge in [0.15, 0.2) is 0 Å². The summed E-state index contributed by atoms with van der Waals surface area (Å²) in [4.78, 5) is 32.8. The van der Waals surface area contributed by atoms with Crippen LogP contribution in [0.25, 0.3) is 0 Å². The van der Waals surface area contributed by atoms with E-state index < -0.39 is 18.2 Å². The molecule has 1 aromatic rings. The minimum Gasteiger partial charge on any atom is -0.460 e. The van der Waals surface area contributed by atoms with Crippen molar-refractivity contribution in [1.29, 1.82) is 0 Å². The monoisotopic (exact) mass is 349 g/mol. The van der Waals surface area contributed by atoms with Crippen LogP contribution in [0.4, 0.5) is 4.79 Å². The van der Waals surface area contributed by atoms with Crippen LogP contribution < -0.4 is 5.32 Å². The zero-order chi connectivity index (χ0) is 18.3. The van der Waals surface area contributed by atoms with Crippen molar-refractivity contribution >= 4 is 12.1 Å². The predicted molar refractivity (Wildman–Crippen MR) is 91.9 cm³/mol. The Bertz CT molecular complexity index is 571. The molecule has 25 heavy (non-hydrogen) atoms. The zero-order valence-electron chi connectivity index (χ0n) is 15.2. The molecule has 2 rings (SSSR count). The van der Waals surface area contributed by atoms with Crippen LogP contribution in [0, 0.1) is 0 Å². The summed E-state index contributed by atoms with van der Waals surface area (Å²) in [5.41, 5.74) is -0.287. The molecule has 1 fully saturated rings. The largest absolute Gasteiger partial charge is 0.460 e. The summed E-state index contributed by atoms with van der Waals surface area (Å²) in [6, 6.07) is 1.68. The third kappa shape index (κ3) is 6.32. The number of ether oxygens (including phenoxy) is 2. The number of esters is 1. The van der Waals surface area contributed by atoms with Crippen molar-refractivity contribution in [2.24, 2.45) is 0 Å². The van der Waals surface area contributed by atoms with E-state index in [1.807, 2.05) is 6.92 Å². The Labute approximate surface area is 148 Å². The van der Waals surface area contributed by atoms with Crippen LogP contribution >= 0.6 is 0 Å². The second-order valence-electron chi connectivity index (χ2n) is 7.00. The topological polar surface area (TPSA) is 90.4 Å². The molecule has 1 unspecified atom stereocenters. The third-order valence-corrected chi connectivity index (χ3v) is 4.21. The van der Waals surface area contributed by atoms with Gasteiger partial charge >= 0.3 is 12.1 Å². The van der Waals surface area contributed by atoms with Crippen LogP contribution in [0.2, 0.25) is 0 Å². The Hall–Kier alpha value is -2.18. The van der Waals surface area contributed by atoms with Gasteiger partial charge in [-0.05, 0) is 39.7 Å². The van der Waals surface area contributed by atoms with Crippen LogP contribution in [-0.4, -0.2) is 39.8 Å². The maximum atomic E-state index is 12.3. The van der Waals surface area contributed by atoms with Crippen molar-refractivity contribution in [3.05, 3.63) is 24.3 Å². The van der Waals surface area contributed by atoms with Crippen molar-refractivity contribution in [1.82, 2.24) is 15.3 Å². The summed E-state index contributed by atoms with van der Waals surface area (Å²) < 4.78 is 10.6. The Morgan fingerprint density at radius 1 is 1.16 bits per heavy atom. The van der Waals surface area contributed by atoms with Gasteiger partial charge in [0.2, 0.25) is 6.10 Å². The Balaban J connectivity index is 2.01. The van der Waals surface area contributed by atoms with Gasteiger partial charge in [-0.1, -0.05) is 19.3 Å². The van der Waals surface area contributed by atoms with Gasteiger partial charge in [0, 0.05) is 17.9 Å². The Morgan fingerprint density at radius 2 is 1.80 bits per heavy atom. The SMILES string of the molecule is CC(C)OC(=O)C(Cc1ncccn1)OC(=O)NC1(C)CCCCC1. The highest BCUT2D eigenvalue weighted by Crippen LogP contribution is 2.27. The molecule has 0 aromatic carbocycles. The van der Waals surface area contributed by atoms with E-state index in [-0.39, 0.29) is 18.1 Å². The lowest BCUT2D eigenvalue weighted by molar-refractivity contribution is -0.157. The fraction of sp³-hybridized carbons (Fsp3) is 0.667.